The normalized spacial score (nSPS) is 34.3. The Morgan fingerprint density at radius 2 is 1.17 bits per heavy atom. The van der Waals surface area contributed by atoms with Crippen LogP contribution < -0.4 is 26.6 Å². The zero-order valence-corrected chi connectivity index (χ0v) is 14.4. The Labute approximate surface area is 144 Å². The van der Waals surface area contributed by atoms with Gasteiger partial charge in [-0.15, -0.1) is 0 Å². The number of rotatable bonds is 4. The Balaban J connectivity index is 1.43. The van der Waals surface area contributed by atoms with Crippen molar-refractivity contribution in [2.45, 2.75) is 82.2 Å². The van der Waals surface area contributed by atoms with Gasteiger partial charge in [0, 0.05) is 0 Å². The van der Waals surface area contributed by atoms with Gasteiger partial charge in [0.25, 0.3) is 0 Å². The minimum Gasteiger partial charge on any atom is -0.339 e. The quantitative estimate of drug-likeness (QED) is 0.495. The summed E-state index contributed by atoms with van der Waals surface area (Å²) in [4.78, 5) is 24.7. The van der Waals surface area contributed by atoms with Crippen LogP contribution in [0.25, 0.3) is 0 Å². The Kier molecular flexibility index (Phi) is 6.45. The molecule has 3 aliphatic rings. The van der Waals surface area contributed by atoms with E-state index in [0.29, 0.717) is 0 Å². The van der Waals surface area contributed by atoms with Gasteiger partial charge in [-0.3, -0.25) is 14.9 Å². The fourth-order valence-electron chi connectivity index (χ4n) is 3.86. The molecule has 0 aromatic heterocycles. The Morgan fingerprint density at radius 3 is 1.58 bits per heavy atom. The van der Waals surface area contributed by atoms with Gasteiger partial charge in [-0.05, 0) is 58.0 Å². The molecular formula is C17H31N5O2. The SMILES string of the molecule is O=C(NC1CCCC(NC(=O)C2CCCCN2)N1)C1CCCCN1. The zero-order chi connectivity index (χ0) is 16.8. The van der Waals surface area contributed by atoms with Crippen molar-refractivity contribution >= 4 is 11.8 Å². The Morgan fingerprint density at radius 1 is 0.667 bits per heavy atom. The predicted molar refractivity (Wildman–Crippen MR) is 92.1 cm³/mol. The van der Waals surface area contributed by atoms with Gasteiger partial charge in [-0.1, -0.05) is 12.8 Å². The van der Waals surface area contributed by atoms with E-state index in [1.807, 2.05) is 0 Å². The van der Waals surface area contributed by atoms with Crippen molar-refractivity contribution in [1.82, 2.24) is 26.6 Å². The van der Waals surface area contributed by atoms with E-state index in [2.05, 4.69) is 26.6 Å². The Hall–Kier alpha value is -1.18. The first-order chi connectivity index (χ1) is 11.7. The van der Waals surface area contributed by atoms with Crippen LogP contribution in [0, 0.1) is 0 Å². The highest BCUT2D eigenvalue weighted by Crippen LogP contribution is 2.13. The summed E-state index contributed by atoms with van der Waals surface area (Å²) >= 11 is 0. The van der Waals surface area contributed by atoms with Crippen molar-refractivity contribution in [3.63, 3.8) is 0 Å². The molecule has 0 radical (unpaired) electrons. The maximum atomic E-state index is 12.3. The van der Waals surface area contributed by atoms with Crippen molar-refractivity contribution in [2.24, 2.45) is 0 Å². The lowest BCUT2D eigenvalue weighted by Gasteiger charge is -2.34. The van der Waals surface area contributed by atoms with E-state index in [1.165, 1.54) is 0 Å². The second kappa shape index (κ2) is 8.78. The molecule has 7 nitrogen and oxygen atoms in total. The molecular weight excluding hydrogens is 306 g/mol. The first-order valence-electron chi connectivity index (χ1n) is 9.56. The van der Waals surface area contributed by atoms with E-state index in [1.54, 1.807) is 0 Å². The minimum absolute atomic E-state index is 0.0559. The highest BCUT2D eigenvalue weighted by Gasteiger charge is 2.28. The van der Waals surface area contributed by atoms with Crippen LogP contribution in [0.15, 0.2) is 0 Å². The van der Waals surface area contributed by atoms with Crippen LogP contribution in [0.1, 0.15) is 57.8 Å². The van der Waals surface area contributed by atoms with Crippen LogP contribution in [-0.2, 0) is 9.59 Å². The van der Waals surface area contributed by atoms with Gasteiger partial charge in [0.15, 0.2) is 0 Å². The molecule has 0 aromatic rings. The number of nitrogens with one attached hydrogen (secondary N) is 5. The second-order valence-electron chi connectivity index (χ2n) is 7.22. The molecule has 0 spiro atoms. The van der Waals surface area contributed by atoms with Gasteiger partial charge < -0.3 is 21.3 Å². The number of hydrogen-bond acceptors (Lipinski definition) is 5. The third-order valence-electron chi connectivity index (χ3n) is 5.27. The average molecular weight is 337 g/mol. The van der Waals surface area contributed by atoms with Gasteiger partial charge in [0.1, 0.15) is 0 Å². The molecule has 3 aliphatic heterocycles. The van der Waals surface area contributed by atoms with Crippen molar-refractivity contribution in [2.75, 3.05) is 13.1 Å². The van der Waals surface area contributed by atoms with Crippen molar-refractivity contribution in [1.29, 1.82) is 0 Å². The molecule has 5 N–H and O–H groups in total. The van der Waals surface area contributed by atoms with Gasteiger partial charge in [0.05, 0.1) is 24.4 Å². The number of piperidine rings is 3. The highest BCUT2D eigenvalue weighted by atomic mass is 16.2. The first-order valence-corrected chi connectivity index (χ1v) is 9.56. The molecule has 24 heavy (non-hydrogen) atoms. The molecule has 4 unspecified atom stereocenters. The highest BCUT2D eigenvalue weighted by molar-refractivity contribution is 5.82. The lowest BCUT2D eigenvalue weighted by atomic mass is 10.0. The van der Waals surface area contributed by atoms with Crippen molar-refractivity contribution in [3.05, 3.63) is 0 Å². The smallest absolute Gasteiger partial charge is 0.238 e. The van der Waals surface area contributed by atoms with Crippen molar-refractivity contribution in [3.8, 4) is 0 Å². The Bertz CT molecular complexity index is 395. The van der Waals surface area contributed by atoms with E-state index >= 15 is 0 Å². The van der Waals surface area contributed by atoms with E-state index in [0.717, 1.165) is 70.9 Å². The maximum absolute atomic E-state index is 12.3. The lowest BCUT2D eigenvalue weighted by Crippen LogP contribution is -2.62. The van der Waals surface area contributed by atoms with Crippen LogP contribution in [0.5, 0.6) is 0 Å². The standard InChI is InChI=1S/C17H31N5O2/c23-16(12-6-1-3-10-18-12)21-14-8-5-9-15(20-14)22-17(24)13-7-2-4-11-19-13/h12-15,18-20H,1-11H2,(H,21,23)(H,22,24). The minimum atomic E-state index is -0.0676. The molecule has 4 atom stereocenters. The molecule has 0 saturated carbocycles. The maximum Gasteiger partial charge on any atom is 0.238 e. The lowest BCUT2D eigenvalue weighted by molar-refractivity contribution is -0.125. The summed E-state index contributed by atoms with van der Waals surface area (Å²) in [6.07, 6.45) is 9.03. The van der Waals surface area contributed by atoms with Gasteiger partial charge >= 0.3 is 0 Å². The van der Waals surface area contributed by atoms with Crippen LogP contribution in [0.3, 0.4) is 0 Å². The van der Waals surface area contributed by atoms with Gasteiger partial charge in [-0.25, -0.2) is 0 Å². The van der Waals surface area contributed by atoms with Crippen LogP contribution in [-0.4, -0.2) is 49.3 Å². The molecule has 136 valence electrons. The van der Waals surface area contributed by atoms with E-state index in [-0.39, 0.29) is 36.2 Å². The van der Waals surface area contributed by atoms with Crippen LogP contribution >= 0.6 is 0 Å². The molecule has 0 aromatic carbocycles. The second-order valence-corrected chi connectivity index (χ2v) is 7.22. The molecule has 3 rings (SSSR count). The third kappa shape index (κ3) is 4.91. The van der Waals surface area contributed by atoms with Gasteiger partial charge in [0.2, 0.25) is 11.8 Å². The summed E-state index contributed by atoms with van der Waals surface area (Å²) in [5.41, 5.74) is 0. The number of carbonyl (C=O) groups is 2. The summed E-state index contributed by atoms with van der Waals surface area (Å²) in [5.74, 6) is 0.154. The number of carbonyl (C=O) groups excluding carboxylic acids is 2. The monoisotopic (exact) mass is 337 g/mol. The molecule has 7 heteroatoms. The summed E-state index contributed by atoms with van der Waals surface area (Å²) in [7, 11) is 0. The fraction of sp³-hybridized carbons (Fsp3) is 0.882. The van der Waals surface area contributed by atoms with Crippen molar-refractivity contribution < 1.29 is 9.59 Å². The van der Waals surface area contributed by atoms with E-state index < -0.39 is 0 Å². The van der Waals surface area contributed by atoms with Crippen LogP contribution in [0.2, 0.25) is 0 Å². The van der Waals surface area contributed by atoms with Crippen LogP contribution in [0.4, 0.5) is 0 Å². The molecule has 3 fully saturated rings. The predicted octanol–water partition coefficient (Wildman–Crippen LogP) is -0.0713. The summed E-state index contributed by atoms with van der Waals surface area (Å²) in [6, 6.07) is -0.135. The topological polar surface area (TPSA) is 94.3 Å². The van der Waals surface area contributed by atoms with E-state index in [9.17, 15) is 9.59 Å². The number of hydrogen-bond donors (Lipinski definition) is 5. The molecule has 0 aliphatic carbocycles. The summed E-state index contributed by atoms with van der Waals surface area (Å²) in [6.45, 7) is 1.84. The molecule has 0 bridgehead atoms. The summed E-state index contributed by atoms with van der Waals surface area (Å²) in [5, 5.41) is 16.1. The molecule has 3 saturated heterocycles. The number of amides is 2. The first kappa shape index (κ1) is 17.6. The molecule has 2 amide bonds. The third-order valence-corrected chi connectivity index (χ3v) is 5.27. The van der Waals surface area contributed by atoms with E-state index in [4.69, 9.17) is 0 Å². The fourth-order valence-corrected chi connectivity index (χ4v) is 3.86. The zero-order valence-electron chi connectivity index (χ0n) is 14.4. The average Bonchev–Trinajstić information content (AvgIpc) is 2.63. The molecule has 3 heterocycles. The summed E-state index contributed by atoms with van der Waals surface area (Å²) < 4.78 is 0. The van der Waals surface area contributed by atoms with Gasteiger partial charge in [-0.2, -0.15) is 0 Å². The largest absolute Gasteiger partial charge is 0.339 e.